The topological polar surface area (TPSA) is 150 Å². The van der Waals surface area contributed by atoms with Gasteiger partial charge in [-0.2, -0.15) is 5.26 Å². The first kappa shape index (κ1) is 25.6. The third-order valence-electron chi connectivity index (χ3n) is 7.07. The van der Waals surface area contributed by atoms with Gasteiger partial charge in [-0.05, 0) is 30.9 Å². The first-order chi connectivity index (χ1) is 18.5. The summed E-state index contributed by atoms with van der Waals surface area (Å²) in [6, 6.07) is 5.26. The Kier molecular flexibility index (Phi) is 7.48. The summed E-state index contributed by atoms with van der Waals surface area (Å²) in [5, 5.41) is 15.5. The summed E-state index contributed by atoms with van der Waals surface area (Å²) >= 11 is 0. The molecule has 3 aliphatic heterocycles. The summed E-state index contributed by atoms with van der Waals surface area (Å²) < 4.78 is 10.6. The number of likely N-dealkylation sites (tertiary alicyclic amines) is 1. The predicted octanol–water partition coefficient (Wildman–Crippen LogP) is 2.09. The summed E-state index contributed by atoms with van der Waals surface area (Å²) in [5.41, 5.74) is 2.62. The predicted molar refractivity (Wildman–Crippen MR) is 137 cm³/mol. The molecule has 2 aromatic rings. The minimum absolute atomic E-state index is 0.0819. The molecule has 12 nitrogen and oxygen atoms in total. The molecular formula is C26H29N7O5. The van der Waals surface area contributed by atoms with Crippen molar-refractivity contribution in [1.82, 2.24) is 14.9 Å². The number of hydrogen-bond acceptors (Lipinski definition) is 9. The summed E-state index contributed by atoms with van der Waals surface area (Å²) in [4.78, 5) is 49.6. The lowest BCUT2D eigenvalue weighted by Gasteiger charge is -2.29. The van der Waals surface area contributed by atoms with Gasteiger partial charge in [0.2, 0.25) is 0 Å². The van der Waals surface area contributed by atoms with Crippen LogP contribution in [0.4, 0.5) is 22.1 Å². The lowest BCUT2D eigenvalue weighted by atomic mass is 10.0. The van der Waals surface area contributed by atoms with Crippen molar-refractivity contribution >= 4 is 35.5 Å². The normalized spacial score (nSPS) is 20.7. The average Bonchev–Trinajstić information content (AvgIpc) is 3.57. The number of fused-ring (bicyclic) bond motifs is 1. The van der Waals surface area contributed by atoms with E-state index in [-0.39, 0.29) is 30.0 Å². The lowest BCUT2D eigenvalue weighted by Crippen LogP contribution is -2.40. The number of ether oxygens (including phenoxy) is 2. The molecule has 0 bridgehead atoms. The van der Waals surface area contributed by atoms with Crippen molar-refractivity contribution in [3.05, 3.63) is 40.7 Å². The molecule has 3 aliphatic rings. The highest BCUT2D eigenvalue weighted by atomic mass is 16.5. The van der Waals surface area contributed by atoms with Gasteiger partial charge in [0, 0.05) is 57.6 Å². The van der Waals surface area contributed by atoms with Crippen LogP contribution in [-0.2, 0) is 27.2 Å². The fraction of sp³-hybridized carbons (Fsp3) is 0.462. The van der Waals surface area contributed by atoms with Gasteiger partial charge in [-0.3, -0.25) is 19.8 Å². The van der Waals surface area contributed by atoms with Crippen LogP contribution in [0.25, 0.3) is 0 Å². The van der Waals surface area contributed by atoms with Crippen LogP contribution in [0.1, 0.15) is 46.4 Å². The number of amides is 3. The number of nitriles is 1. The first-order valence-corrected chi connectivity index (χ1v) is 12.6. The van der Waals surface area contributed by atoms with E-state index in [2.05, 4.69) is 26.7 Å². The number of pyridine rings is 2. The van der Waals surface area contributed by atoms with Crippen LogP contribution < -0.4 is 15.5 Å². The molecular weight excluding hydrogens is 490 g/mol. The van der Waals surface area contributed by atoms with Crippen LogP contribution >= 0.6 is 0 Å². The number of urea groups is 1. The van der Waals surface area contributed by atoms with Gasteiger partial charge >= 0.3 is 6.03 Å². The third kappa shape index (κ3) is 5.16. The van der Waals surface area contributed by atoms with Crippen molar-refractivity contribution in [3.8, 4) is 6.07 Å². The van der Waals surface area contributed by atoms with E-state index in [1.807, 2.05) is 6.07 Å². The highest BCUT2D eigenvalue weighted by Gasteiger charge is 2.33. The number of rotatable bonds is 7. The molecule has 2 saturated heterocycles. The Labute approximate surface area is 219 Å². The van der Waals surface area contributed by atoms with E-state index < -0.39 is 12.1 Å². The number of carbonyl (C=O) groups is 3. The Hall–Kier alpha value is -4.08. The number of hydrogen-bond donors (Lipinski definition) is 2. The zero-order valence-corrected chi connectivity index (χ0v) is 21.1. The van der Waals surface area contributed by atoms with Gasteiger partial charge in [-0.1, -0.05) is 0 Å². The zero-order valence-electron chi connectivity index (χ0n) is 21.1. The van der Waals surface area contributed by atoms with Crippen molar-refractivity contribution in [1.29, 1.82) is 5.26 Å². The van der Waals surface area contributed by atoms with Crippen LogP contribution in [0.2, 0.25) is 0 Å². The monoisotopic (exact) mass is 519 g/mol. The zero-order chi connectivity index (χ0) is 26.6. The fourth-order valence-corrected chi connectivity index (χ4v) is 5.05. The molecule has 0 radical (unpaired) electrons. The van der Waals surface area contributed by atoms with E-state index in [1.54, 1.807) is 11.0 Å². The molecule has 5 rings (SSSR count). The van der Waals surface area contributed by atoms with Crippen LogP contribution in [0, 0.1) is 11.3 Å². The molecule has 5 heterocycles. The van der Waals surface area contributed by atoms with Crippen molar-refractivity contribution in [2.45, 2.75) is 44.4 Å². The molecule has 0 spiro atoms. The highest BCUT2D eigenvalue weighted by molar-refractivity contribution is 6.02. The van der Waals surface area contributed by atoms with E-state index in [0.29, 0.717) is 74.5 Å². The molecule has 0 saturated carbocycles. The Bertz CT molecular complexity index is 1290. The molecule has 38 heavy (non-hydrogen) atoms. The number of aryl methyl sites for hydroxylation is 1. The fourth-order valence-electron chi connectivity index (χ4n) is 5.05. The van der Waals surface area contributed by atoms with Gasteiger partial charge in [0.25, 0.3) is 5.91 Å². The third-order valence-corrected chi connectivity index (χ3v) is 7.07. The summed E-state index contributed by atoms with van der Waals surface area (Å²) in [6.45, 7) is 2.43. The molecule has 2 atom stereocenters. The Morgan fingerprint density at radius 2 is 2.21 bits per heavy atom. The second-order valence-electron chi connectivity index (χ2n) is 9.52. The smallest absolute Gasteiger partial charge is 0.328 e. The lowest BCUT2D eigenvalue weighted by molar-refractivity contribution is -0.136. The van der Waals surface area contributed by atoms with Crippen molar-refractivity contribution in [2.24, 2.45) is 0 Å². The molecule has 2 aromatic heterocycles. The number of carbonyl (C=O) groups excluding carboxylic acids is 3. The number of methoxy groups -OCH3 is 1. The molecule has 0 aliphatic carbocycles. The average molecular weight is 520 g/mol. The Morgan fingerprint density at radius 1 is 1.34 bits per heavy atom. The van der Waals surface area contributed by atoms with Crippen molar-refractivity contribution < 1.29 is 23.9 Å². The maximum Gasteiger partial charge on any atom is 0.328 e. The SMILES string of the molecule is CO[C@@H]1CCN(Cc2cc3c(nc2C=O)N(C(=O)Nc2cc(N[C@@H]4CCOC4)c(C#N)cn2)CCC3)C1=O. The van der Waals surface area contributed by atoms with Gasteiger partial charge in [0.05, 0.1) is 23.9 Å². The largest absolute Gasteiger partial charge is 0.379 e. The maximum atomic E-state index is 13.3. The Morgan fingerprint density at radius 3 is 2.92 bits per heavy atom. The van der Waals surface area contributed by atoms with Crippen molar-refractivity contribution in [3.63, 3.8) is 0 Å². The number of nitrogens with zero attached hydrogens (tertiary/aromatic N) is 5. The first-order valence-electron chi connectivity index (χ1n) is 12.6. The van der Waals surface area contributed by atoms with Crippen LogP contribution in [0.15, 0.2) is 18.3 Å². The van der Waals surface area contributed by atoms with Gasteiger partial charge < -0.3 is 19.7 Å². The van der Waals surface area contributed by atoms with Gasteiger partial charge in [0.15, 0.2) is 6.29 Å². The number of aromatic nitrogens is 2. The number of anilines is 3. The minimum atomic E-state index is -0.461. The molecule has 0 unspecified atom stereocenters. The van der Waals surface area contributed by atoms with Gasteiger partial charge in [0.1, 0.15) is 29.5 Å². The minimum Gasteiger partial charge on any atom is -0.379 e. The Balaban J connectivity index is 1.34. The number of aldehydes is 1. The van der Waals surface area contributed by atoms with Crippen LogP contribution in [0.3, 0.4) is 0 Å². The van der Waals surface area contributed by atoms with E-state index in [0.717, 1.165) is 12.0 Å². The molecule has 2 N–H and O–H groups in total. The van der Waals surface area contributed by atoms with E-state index in [1.165, 1.54) is 18.2 Å². The van der Waals surface area contributed by atoms with E-state index in [9.17, 15) is 19.6 Å². The molecule has 0 aromatic carbocycles. The number of nitrogens with one attached hydrogen (secondary N) is 2. The quantitative estimate of drug-likeness (QED) is 0.524. The standard InChI is InChI=1S/C26H29N7O5/c1-37-22-4-7-32(25(22)35)13-17-9-16-3-2-6-33(24(16)30-21(17)14-34)26(36)31-23-10-20(18(11-27)12-28-23)29-19-5-8-38-15-19/h9-10,12,14,19,22H,2-8,13,15H2,1H3,(H2,28,29,31,36)/t19-,22-/m1/s1. The molecule has 12 heteroatoms. The molecule has 3 amide bonds. The second kappa shape index (κ2) is 11.1. The molecule has 2 fully saturated rings. The maximum absolute atomic E-state index is 13.3. The van der Waals surface area contributed by atoms with Gasteiger partial charge in [-0.25, -0.2) is 14.8 Å². The van der Waals surface area contributed by atoms with Gasteiger partial charge in [-0.15, -0.1) is 0 Å². The summed E-state index contributed by atoms with van der Waals surface area (Å²) in [7, 11) is 1.51. The highest BCUT2D eigenvalue weighted by Crippen LogP contribution is 2.29. The van der Waals surface area contributed by atoms with E-state index in [4.69, 9.17) is 9.47 Å². The molecule has 198 valence electrons. The van der Waals surface area contributed by atoms with Crippen LogP contribution in [0.5, 0.6) is 0 Å². The summed E-state index contributed by atoms with van der Waals surface area (Å²) in [5.74, 6) is 0.597. The summed E-state index contributed by atoms with van der Waals surface area (Å²) in [6.07, 6.45) is 4.45. The van der Waals surface area contributed by atoms with Crippen LogP contribution in [-0.4, -0.2) is 78.7 Å². The van der Waals surface area contributed by atoms with E-state index >= 15 is 0 Å². The second-order valence-corrected chi connectivity index (χ2v) is 9.52. The van der Waals surface area contributed by atoms with Crippen molar-refractivity contribution in [2.75, 3.05) is 48.9 Å².